The van der Waals surface area contributed by atoms with E-state index in [4.69, 9.17) is 17.3 Å². The maximum Gasteiger partial charge on any atom is 0.0643 e. The number of rotatable bonds is 2. The summed E-state index contributed by atoms with van der Waals surface area (Å²) in [5, 5.41) is 0.796. The Hall–Kier alpha value is -0.990. The fourth-order valence-corrected chi connectivity index (χ4v) is 2.23. The number of nitrogens with two attached hydrogens (primary N) is 1. The van der Waals surface area contributed by atoms with E-state index in [0.717, 1.165) is 35.8 Å². The van der Waals surface area contributed by atoms with Gasteiger partial charge in [-0.15, -0.1) is 0 Å². The van der Waals surface area contributed by atoms with Gasteiger partial charge in [0.2, 0.25) is 0 Å². The molecule has 0 saturated carbocycles. The van der Waals surface area contributed by atoms with Crippen LogP contribution in [0.1, 0.15) is 24.9 Å². The van der Waals surface area contributed by atoms with Gasteiger partial charge in [-0.2, -0.15) is 0 Å². The second-order valence-electron chi connectivity index (χ2n) is 4.21. The molecule has 2 rings (SSSR count). The Morgan fingerprint density at radius 1 is 1.38 bits per heavy atom. The molecule has 1 heterocycles. The molecule has 1 aliphatic heterocycles. The molecule has 0 fully saturated rings. The summed E-state index contributed by atoms with van der Waals surface area (Å²) in [6.07, 6.45) is 5.48. The summed E-state index contributed by atoms with van der Waals surface area (Å²) in [6.45, 7) is 3.94. The number of hydrogen-bond donors (Lipinski definition) is 1. The van der Waals surface area contributed by atoms with Crippen LogP contribution in [0.5, 0.6) is 0 Å². The van der Waals surface area contributed by atoms with Crippen molar-refractivity contribution in [3.63, 3.8) is 0 Å². The first-order valence-electron chi connectivity index (χ1n) is 5.63. The van der Waals surface area contributed by atoms with Crippen molar-refractivity contribution in [1.29, 1.82) is 0 Å². The van der Waals surface area contributed by atoms with Gasteiger partial charge in [0, 0.05) is 19.1 Å². The molecule has 0 radical (unpaired) electrons. The van der Waals surface area contributed by atoms with Crippen LogP contribution in [-0.2, 0) is 0 Å². The van der Waals surface area contributed by atoms with Gasteiger partial charge >= 0.3 is 0 Å². The molecule has 0 unspecified atom stereocenters. The van der Waals surface area contributed by atoms with Gasteiger partial charge in [0.15, 0.2) is 0 Å². The second kappa shape index (κ2) is 4.89. The zero-order valence-corrected chi connectivity index (χ0v) is 10.2. The smallest absolute Gasteiger partial charge is 0.0643 e. The number of halogens is 1. The first-order chi connectivity index (χ1) is 7.68. The summed E-state index contributed by atoms with van der Waals surface area (Å²) >= 11 is 6.29. The number of nitrogens with zero attached hydrogens (tertiary/aromatic N) is 1. The molecule has 0 aromatic heterocycles. The average molecular weight is 237 g/mol. The van der Waals surface area contributed by atoms with E-state index in [2.05, 4.69) is 29.2 Å². The average Bonchev–Trinajstić information content (AvgIpc) is 2.30. The third-order valence-electron chi connectivity index (χ3n) is 2.90. The molecule has 0 amide bonds. The summed E-state index contributed by atoms with van der Waals surface area (Å²) < 4.78 is 0. The van der Waals surface area contributed by atoms with Crippen molar-refractivity contribution < 1.29 is 0 Å². The third-order valence-corrected chi connectivity index (χ3v) is 3.20. The first kappa shape index (κ1) is 11.5. The van der Waals surface area contributed by atoms with Crippen LogP contribution in [0.3, 0.4) is 0 Å². The highest BCUT2D eigenvalue weighted by Crippen LogP contribution is 2.29. The lowest BCUT2D eigenvalue weighted by atomic mass is 10.1. The van der Waals surface area contributed by atoms with Crippen molar-refractivity contribution in [1.82, 2.24) is 0 Å². The maximum atomic E-state index is 6.29. The molecule has 3 heteroatoms. The molecule has 0 aliphatic carbocycles. The van der Waals surface area contributed by atoms with Gasteiger partial charge in [-0.1, -0.05) is 29.8 Å². The monoisotopic (exact) mass is 236 g/mol. The Labute approximate surface area is 102 Å². The molecule has 0 spiro atoms. The van der Waals surface area contributed by atoms with Crippen LogP contribution < -0.4 is 10.6 Å². The topological polar surface area (TPSA) is 29.3 Å². The fraction of sp³-hybridized carbons (Fsp3) is 0.385. The van der Waals surface area contributed by atoms with Gasteiger partial charge in [0.25, 0.3) is 0 Å². The maximum absolute atomic E-state index is 6.29. The molecule has 1 aromatic rings. The van der Waals surface area contributed by atoms with Crippen LogP contribution in [0.2, 0.25) is 5.02 Å². The molecular weight excluding hydrogens is 220 g/mol. The molecule has 2 nitrogen and oxygen atoms in total. The molecule has 1 atom stereocenters. The second-order valence-corrected chi connectivity index (χ2v) is 4.61. The molecular formula is C13H17ClN2. The Morgan fingerprint density at radius 2 is 2.19 bits per heavy atom. The van der Waals surface area contributed by atoms with E-state index in [1.54, 1.807) is 0 Å². The van der Waals surface area contributed by atoms with E-state index in [1.165, 1.54) is 0 Å². The molecule has 16 heavy (non-hydrogen) atoms. The van der Waals surface area contributed by atoms with Crippen molar-refractivity contribution in [2.75, 3.05) is 18.0 Å². The Kier molecular flexibility index (Phi) is 3.52. The van der Waals surface area contributed by atoms with Gasteiger partial charge in [-0.3, -0.25) is 0 Å². The Balaban J connectivity index is 2.25. The largest absolute Gasteiger partial charge is 0.366 e. The standard InChI is InChI=1S/C13H17ClN2/c1-10(15)11-5-6-13(12(14)9-11)16-7-3-2-4-8-16/h2-3,5-6,9-10H,4,7-8,15H2,1H3/t10-/m0/s1. The molecule has 0 saturated heterocycles. The van der Waals surface area contributed by atoms with Gasteiger partial charge in [-0.05, 0) is 31.0 Å². The summed E-state index contributed by atoms with van der Waals surface area (Å²) in [5.41, 5.74) is 8.02. The Bertz CT molecular complexity index is 399. The van der Waals surface area contributed by atoms with E-state index >= 15 is 0 Å². The lowest BCUT2D eigenvalue weighted by molar-refractivity contribution is 0.807. The third kappa shape index (κ3) is 2.39. The predicted molar refractivity (Wildman–Crippen MR) is 70.0 cm³/mol. The van der Waals surface area contributed by atoms with Crippen molar-refractivity contribution in [2.24, 2.45) is 5.73 Å². The molecule has 1 aliphatic rings. The predicted octanol–water partition coefficient (Wildman–Crippen LogP) is 3.13. The van der Waals surface area contributed by atoms with Gasteiger partial charge in [-0.25, -0.2) is 0 Å². The zero-order chi connectivity index (χ0) is 11.5. The fourth-order valence-electron chi connectivity index (χ4n) is 1.92. The summed E-state index contributed by atoms with van der Waals surface area (Å²) in [6, 6.07) is 6.14. The molecule has 1 aromatic carbocycles. The van der Waals surface area contributed by atoms with E-state index in [-0.39, 0.29) is 6.04 Å². The van der Waals surface area contributed by atoms with Gasteiger partial charge < -0.3 is 10.6 Å². The quantitative estimate of drug-likeness (QED) is 0.800. The van der Waals surface area contributed by atoms with E-state index in [0.29, 0.717) is 0 Å². The SMILES string of the molecule is C[C@H](N)c1ccc(N2CC=CCC2)c(Cl)c1. The van der Waals surface area contributed by atoms with Crippen LogP contribution >= 0.6 is 11.6 Å². The van der Waals surface area contributed by atoms with Crippen molar-refractivity contribution in [3.05, 3.63) is 40.9 Å². The van der Waals surface area contributed by atoms with Crippen molar-refractivity contribution in [3.8, 4) is 0 Å². The van der Waals surface area contributed by atoms with Crippen LogP contribution in [0.4, 0.5) is 5.69 Å². The number of hydrogen-bond acceptors (Lipinski definition) is 2. The summed E-state index contributed by atoms with van der Waals surface area (Å²) in [5.74, 6) is 0. The van der Waals surface area contributed by atoms with Crippen molar-refractivity contribution >= 4 is 17.3 Å². The lowest BCUT2D eigenvalue weighted by Crippen LogP contribution is -2.27. The highest BCUT2D eigenvalue weighted by molar-refractivity contribution is 6.33. The van der Waals surface area contributed by atoms with Crippen LogP contribution in [-0.4, -0.2) is 13.1 Å². The normalized spacial score (nSPS) is 17.6. The van der Waals surface area contributed by atoms with Gasteiger partial charge in [0.05, 0.1) is 10.7 Å². The molecule has 0 bridgehead atoms. The number of benzene rings is 1. The minimum atomic E-state index is 0.0350. The highest BCUT2D eigenvalue weighted by Gasteiger charge is 2.12. The summed E-state index contributed by atoms with van der Waals surface area (Å²) in [7, 11) is 0. The van der Waals surface area contributed by atoms with Crippen LogP contribution in [0.15, 0.2) is 30.4 Å². The minimum Gasteiger partial charge on any atom is -0.366 e. The zero-order valence-electron chi connectivity index (χ0n) is 9.49. The van der Waals surface area contributed by atoms with Crippen molar-refractivity contribution in [2.45, 2.75) is 19.4 Å². The Morgan fingerprint density at radius 3 is 2.75 bits per heavy atom. The van der Waals surface area contributed by atoms with E-state index < -0.39 is 0 Å². The summed E-state index contributed by atoms with van der Waals surface area (Å²) in [4.78, 5) is 2.29. The van der Waals surface area contributed by atoms with E-state index in [9.17, 15) is 0 Å². The van der Waals surface area contributed by atoms with Crippen LogP contribution in [0.25, 0.3) is 0 Å². The van der Waals surface area contributed by atoms with Crippen LogP contribution in [0, 0.1) is 0 Å². The first-order valence-corrected chi connectivity index (χ1v) is 6.01. The molecule has 86 valence electrons. The lowest BCUT2D eigenvalue weighted by Gasteiger charge is -2.27. The minimum absolute atomic E-state index is 0.0350. The highest BCUT2D eigenvalue weighted by atomic mass is 35.5. The van der Waals surface area contributed by atoms with E-state index in [1.807, 2.05) is 13.0 Å². The molecule has 2 N–H and O–H groups in total. The van der Waals surface area contributed by atoms with Gasteiger partial charge in [0.1, 0.15) is 0 Å². The number of anilines is 1.